The first-order valence-corrected chi connectivity index (χ1v) is 9.30. The van der Waals surface area contributed by atoms with Crippen molar-refractivity contribution < 1.29 is 4.79 Å². The van der Waals surface area contributed by atoms with E-state index in [2.05, 4.69) is 32.7 Å². The summed E-state index contributed by atoms with van der Waals surface area (Å²) in [5.41, 5.74) is 0. The topological polar surface area (TPSA) is 79.8 Å². The number of thioether (sulfide) groups is 1. The molecule has 1 amide bonds. The number of carbonyl (C=O) groups excluding carboxylic acids is 1. The summed E-state index contributed by atoms with van der Waals surface area (Å²) < 4.78 is 0.724. The molecule has 0 radical (unpaired) electrons. The largest absolute Gasteiger partial charge is 0.360 e. The quantitative estimate of drug-likeness (QED) is 0.688. The highest BCUT2D eigenvalue weighted by molar-refractivity contribution is 8.02. The summed E-state index contributed by atoms with van der Waals surface area (Å²) in [5.74, 6) is 0.0704. The molecule has 23 heavy (non-hydrogen) atoms. The Morgan fingerprint density at radius 2 is 2.22 bits per heavy atom. The molecule has 0 aliphatic heterocycles. The predicted octanol–water partition coefficient (Wildman–Crippen LogP) is 4.18. The van der Waals surface area contributed by atoms with E-state index in [0.29, 0.717) is 10.0 Å². The molecule has 0 unspecified atom stereocenters. The Kier molecular flexibility index (Phi) is 6.88. The van der Waals surface area contributed by atoms with Crippen molar-refractivity contribution in [2.24, 2.45) is 0 Å². The predicted molar refractivity (Wildman–Crippen MR) is 96.9 cm³/mol. The fourth-order valence-electron chi connectivity index (χ4n) is 1.49. The van der Waals surface area contributed by atoms with Crippen LogP contribution in [0.4, 0.5) is 10.9 Å². The van der Waals surface area contributed by atoms with Crippen LogP contribution in [0.25, 0.3) is 0 Å². The molecular formula is C13H15Cl2N5OS2. The van der Waals surface area contributed by atoms with Crippen LogP contribution in [0, 0.1) is 0 Å². The minimum atomic E-state index is -0.365. The van der Waals surface area contributed by atoms with Gasteiger partial charge in [-0.15, -0.1) is 10.2 Å². The summed E-state index contributed by atoms with van der Waals surface area (Å²) in [4.78, 5) is 16.2. The Balaban J connectivity index is 1.93. The number of nitrogens with zero attached hydrogens (tertiary/aromatic N) is 3. The van der Waals surface area contributed by atoms with Gasteiger partial charge in [-0.3, -0.25) is 4.79 Å². The molecule has 0 aliphatic carbocycles. The van der Waals surface area contributed by atoms with Crippen LogP contribution in [0.3, 0.4) is 0 Å². The number of carbonyl (C=O) groups is 1. The van der Waals surface area contributed by atoms with Gasteiger partial charge in [0.05, 0.1) is 15.3 Å². The van der Waals surface area contributed by atoms with Gasteiger partial charge in [0.25, 0.3) is 0 Å². The van der Waals surface area contributed by atoms with Gasteiger partial charge in [0.2, 0.25) is 11.0 Å². The zero-order chi connectivity index (χ0) is 16.8. The number of pyridine rings is 1. The van der Waals surface area contributed by atoms with E-state index >= 15 is 0 Å². The Morgan fingerprint density at radius 1 is 1.43 bits per heavy atom. The molecular weight excluding hydrogens is 377 g/mol. The van der Waals surface area contributed by atoms with E-state index in [1.807, 2.05) is 0 Å². The smallest absolute Gasteiger partial charge is 0.238 e. The molecule has 0 aromatic carbocycles. The van der Waals surface area contributed by atoms with E-state index in [4.69, 9.17) is 23.2 Å². The Hall–Kier alpha value is -1.09. The molecule has 0 spiro atoms. The van der Waals surface area contributed by atoms with Gasteiger partial charge in [-0.05, 0) is 19.4 Å². The zero-order valence-corrected chi connectivity index (χ0v) is 15.6. The van der Waals surface area contributed by atoms with E-state index in [9.17, 15) is 4.79 Å². The fourth-order valence-corrected chi connectivity index (χ4v) is 3.84. The third-order valence-corrected chi connectivity index (χ3v) is 5.19. The number of hydrogen-bond donors (Lipinski definition) is 2. The minimum Gasteiger partial charge on any atom is -0.360 e. The molecule has 10 heteroatoms. The number of amides is 1. The first-order valence-electron chi connectivity index (χ1n) is 6.85. The van der Waals surface area contributed by atoms with E-state index < -0.39 is 0 Å². The van der Waals surface area contributed by atoms with Crippen molar-refractivity contribution in [2.75, 3.05) is 17.2 Å². The minimum absolute atomic E-state index is 0.218. The lowest BCUT2D eigenvalue weighted by Crippen LogP contribution is -2.23. The van der Waals surface area contributed by atoms with E-state index in [1.54, 1.807) is 6.92 Å². The summed E-state index contributed by atoms with van der Waals surface area (Å²) in [5, 5.41) is 15.0. The molecule has 0 fully saturated rings. The van der Waals surface area contributed by atoms with Crippen LogP contribution < -0.4 is 10.6 Å². The van der Waals surface area contributed by atoms with Gasteiger partial charge in [0.1, 0.15) is 0 Å². The second-order valence-corrected chi connectivity index (χ2v) is 7.94. The average Bonchev–Trinajstić information content (AvgIpc) is 2.95. The van der Waals surface area contributed by atoms with Gasteiger partial charge >= 0.3 is 0 Å². The van der Waals surface area contributed by atoms with Crippen molar-refractivity contribution in [3.8, 4) is 0 Å². The Bertz CT molecular complexity index is 682. The van der Waals surface area contributed by atoms with Gasteiger partial charge in [-0.2, -0.15) is 0 Å². The molecule has 2 aromatic heterocycles. The van der Waals surface area contributed by atoms with E-state index in [-0.39, 0.29) is 17.0 Å². The molecule has 0 aliphatic rings. The average molecular weight is 392 g/mol. The highest BCUT2D eigenvalue weighted by Gasteiger charge is 2.18. The van der Waals surface area contributed by atoms with Crippen LogP contribution >= 0.6 is 46.3 Å². The van der Waals surface area contributed by atoms with Crippen LogP contribution in [0.5, 0.6) is 0 Å². The maximum atomic E-state index is 12.2. The molecule has 0 saturated heterocycles. The van der Waals surface area contributed by atoms with Crippen LogP contribution in [0.2, 0.25) is 10.0 Å². The van der Waals surface area contributed by atoms with E-state index in [0.717, 1.165) is 22.4 Å². The maximum absolute atomic E-state index is 12.2. The number of rotatable bonds is 7. The van der Waals surface area contributed by atoms with Gasteiger partial charge in [-0.1, -0.05) is 53.2 Å². The summed E-state index contributed by atoms with van der Waals surface area (Å²) in [6.45, 7) is 4.70. The Morgan fingerprint density at radius 3 is 2.91 bits per heavy atom. The summed E-state index contributed by atoms with van der Waals surface area (Å²) >= 11 is 14.5. The van der Waals surface area contributed by atoms with Gasteiger partial charge in [-0.25, -0.2) is 4.98 Å². The van der Waals surface area contributed by atoms with Crippen molar-refractivity contribution in [1.29, 1.82) is 0 Å². The van der Waals surface area contributed by atoms with Crippen molar-refractivity contribution in [3.63, 3.8) is 0 Å². The lowest BCUT2D eigenvalue weighted by atomic mass is 10.4. The Labute approximate surface area is 152 Å². The third kappa shape index (κ3) is 5.49. The molecule has 2 heterocycles. The lowest BCUT2D eigenvalue weighted by molar-refractivity contribution is -0.115. The molecule has 2 aromatic rings. The first kappa shape index (κ1) is 18.3. The molecule has 2 rings (SSSR count). The van der Waals surface area contributed by atoms with Crippen molar-refractivity contribution >= 4 is 63.2 Å². The van der Waals surface area contributed by atoms with Crippen molar-refractivity contribution in [3.05, 3.63) is 22.3 Å². The van der Waals surface area contributed by atoms with Crippen molar-refractivity contribution in [1.82, 2.24) is 15.2 Å². The van der Waals surface area contributed by atoms with Crippen molar-refractivity contribution in [2.45, 2.75) is 29.9 Å². The highest BCUT2D eigenvalue weighted by atomic mass is 35.5. The standard InChI is InChI=1S/C13H15Cl2N5OS2/c1-3-4-16-12-19-20-13(23-12)22-7(2)11(21)18-10-9(15)5-8(14)6-17-10/h5-7H,3-4H2,1-2H3,(H,16,19)(H,17,18,21)/t7-/m1/s1. The second-order valence-electron chi connectivity index (χ2n) is 4.53. The highest BCUT2D eigenvalue weighted by Crippen LogP contribution is 2.30. The summed E-state index contributed by atoms with van der Waals surface area (Å²) in [7, 11) is 0. The maximum Gasteiger partial charge on any atom is 0.238 e. The normalized spacial score (nSPS) is 12.0. The number of anilines is 2. The van der Waals surface area contributed by atoms with Crippen LogP contribution in [0.1, 0.15) is 20.3 Å². The van der Waals surface area contributed by atoms with Gasteiger partial charge in [0.15, 0.2) is 10.2 Å². The molecule has 6 nitrogen and oxygen atoms in total. The number of aromatic nitrogens is 3. The molecule has 1 atom stereocenters. The third-order valence-electron chi connectivity index (χ3n) is 2.63. The summed E-state index contributed by atoms with van der Waals surface area (Å²) in [6, 6.07) is 1.53. The molecule has 0 bridgehead atoms. The van der Waals surface area contributed by atoms with Crippen LogP contribution in [-0.4, -0.2) is 32.9 Å². The molecule has 2 N–H and O–H groups in total. The SMILES string of the molecule is CCCNc1nnc(S[C@H](C)C(=O)Nc2ncc(Cl)cc2Cl)s1. The first-order chi connectivity index (χ1) is 11.0. The second kappa shape index (κ2) is 8.68. The molecule has 0 saturated carbocycles. The number of halogens is 2. The van der Waals surface area contributed by atoms with Crippen LogP contribution in [0.15, 0.2) is 16.6 Å². The number of hydrogen-bond acceptors (Lipinski definition) is 7. The molecule has 124 valence electrons. The zero-order valence-electron chi connectivity index (χ0n) is 12.5. The van der Waals surface area contributed by atoms with Gasteiger partial charge in [0, 0.05) is 12.7 Å². The van der Waals surface area contributed by atoms with Crippen LogP contribution in [-0.2, 0) is 4.79 Å². The van der Waals surface area contributed by atoms with E-state index in [1.165, 1.54) is 35.4 Å². The number of nitrogens with one attached hydrogen (secondary N) is 2. The monoisotopic (exact) mass is 391 g/mol. The lowest BCUT2D eigenvalue weighted by Gasteiger charge is -2.10. The van der Waals surface area contributed by atoms with Gasteiger partial charge < -0.3 is 10.6 Å². The summed E-state index contributed by atoms with van der Waals surface area (Å²) in [6.07, 6.45) is 2.44. The fraction of sp³-hybridized carbons (Fsp3) is 0.385.